The molecule has 0 aliphatic heterocycles. The van der Waals surface area contributed by atoms with Gasteiger partial charge in [-0.25, -0.2) is 30.7 Å². The minimum atomic E-state index is -3.94. The zero-order valence-corrected chi connectivity index (χ0v) is 13.8. The Morgan fingerprint density at radius 3 is 2.40 bits per heavy atom. The minimum Gasteiger partial charge on any atom is -0.215 e. The molecule has 0 aliphatic rings. The summed E-state index contributed by atoms with van der Waals surface area (Å²) < 4.78 is 64.1. The highest BCUT2D eigenvalue weighted by molar-refractivity contribution is 9.10. The van der Waals surface area contributed by atoms with Gasteiger partial charge in [0.15, 0.2) is 0 Å². The first kappa shape index (κ1) is 17.5. The van der Waals surface area contributed by atoms with E-state index in [-0.39, 0.29) is 28.2 Å². The van der Waals surface area contributed by atoms with Crippen molar-refractivity contribution < 1.29 is 21.2 Å². The molecule has 20 heavy (non-hydrogen) atoms. The molecule has 0 saturated carbocycles. The van der Waals surface area contributed by atoms with Crippen molar-refractivity contribution in [3.05, 3.63) is 28.5 Å². The number of nitrogens with one attached hydrogen (secondary N) is 2. The average molecular weight is 389 g/mol. The van der Waals surface area contributed by atoms with Crippen LogP contribution in [0.2, 0.25) is 0 Å². The first-order valence-corrected chi connectivity index (χ1v) is 9.53. The Hall–Kier alpha value is -0.550. The quantitative estimate of drug-likeness (QED) is 0.722. The number of halogens is 2. The van der Waals surface area contributed by atoms with Crippen molar-refractivity contribution in [3.8, 4) is 0 Å². The molecule has 0 spiro atoms. The van der Waals surface area contributed by atoms with Crippen LogP contribution in [0.4, 0.5) is 4.39 Å². The predicted molar refractivity (Wildman–Crippen MR) is 76.8 cm³/mol. The van der Waals surface area contributed by atoms with Gasteiger partial charge >= 0.3 is 0 Å². The van der Waals surface area contributed by atoms with Gasteiger partial charge in [0.05, 0.1) is 15.1 Å². The Morgan fingerprint density at radius 2 is 1.85 bits per heavy atom. The van der Waals surface area contributed by atoms with Gasteiger partial charge in [-0.15, -0.1) is 0 Å². The second-order valence-corrected chi connectivity index (χ2v) is 8.34. The molecule has 1 aromatic rings. The second-order valence-electron chi connectivity index (χ2n) is 3.79. The van der Waals surface area contributed by atoms with E-state index in [0.29, 0.717) is 0 Å². The third-order valence-corrected chi connectivity index (χ3v) is 5.80. The molecule has 10 heteroatoms. The van der Waals surface area contributed by atoms with Crippen LogP contribution in [0.5, 0.6) is 0 Å². The highest BCUT2D eigenvalue weighted by Crippen LogP contribution is 2.19. The molecule has 0 bridgehead atoms. The fourth-order valence-electron chi connectivity index (χ4n) is 1.33. The van der Waals surface area contributed by atoms with E-state index in [1.807, 2.05) is 0 Å². The normalized spacial score (nSPS) is 12.6. The van der Waals surface area contributed by atoms with Crippen LogP contribution in [0, 0.1) is 5.82 Å². The van der Waals surface area contributed by atoms with E-state index in [0.717, 1.165) is 6.07 Å². The van der Waals surface area contributed by atoms with Crippen molar-refractivity contribution in [1.29, 1.82) is 0 Å². The summed E-state index contributed by atoms with van der Waals surface area (Å²) in [4.78, 5) is -0.265. The van der Waals surface area contributed by atoms with Crippen LogP contribution in [0.1, 0.15) is 6.92 Å². The van der Waals surface area contributed by atoms with Gasteiger partial charge in [-0.3, -0.25) is 0 Å². The Bertz CT molecular complexity index is 676. The monoisotopic (exact) mass is 388 g/mol. The largest absolute Gasteiger partial charge is 0.240 e. The van der Waals surface area contributed by atoms with Gasteiger partial charge in [0, 0.05) is 13.1 Å². The van der Waals surface area contributed by atoms with E-state index >= 15 is 0 Å². The number of benzene rings is 1. The van der Waals surface area contributed by atoms with Crippen molar-refractivity contribution in [1.82, 2.24) is 9.44 Å². The molecular weight excluding hydrogens is 375 g/mol. The second kappa shape index (κ2) is 6.94. The lowest BCUT2D eigenvalue weighted by Crippen LogP contribution is -2.34. The van der Waals surface area contributed by atoms with E-state index in [4.69, 9.17) is 0 Å². The first-order chi connectivity index (χ1) is 9.18. The van der Waals surface area contributed by atoms with Crippen LogP contribution in [-0.4, -0.2) is 35.7 Å². The van der Waals surface area contributed by atoms with Gasteiger partial charge in [0.25, 0.3) is 0 Å². The minimum absolute atomic E-state index is 0.145. The maximum atomic E-state index is 13.3. The summed E-state index contributed by atoms with van der Waals surface area (Å²) in [7, 11) is -7.45. The van der Waals surface area contributed by atoms with Crippen LogP contribution < -0.4 is 9.44 Å². The molecular formula is C10H14BrFN2O4S2. The molecule has 0 saturated heterocycles. The molecule has 0 aromatic heterocycles. The van der Waals surface area contributed by atoms with Crippen LogP contribution in [0.3, 0.4) is 0 Å². The van der Waals surface area contributed by atoms with Crippen molar-refractivity contribution in [3.63, 3.8) is 0 Å². The standard InChI is InChI=1S/C10H14BrFN2O4S2/c1-2-13-19(15,16)6-5-14-20(17,18)8-3-4-9(11)10(12)7-8/h3-4,7,13-14H,2,5-6H2,1H3. The van der Waals surface area contributed by atoms with E-state index in [1.54, 1.807) is 6.92 Å². The van der Waals surface area contributed by atoms with Crippen LogP contribution >= 0.6 is 15.9 Å². The van der Waals surface area contributed by atoms with Gasteiger partial charge < -0.3 is 0 Å². The van der Waals surface area contributed by atoms with Gasteiger partial charge in [0.1, 0.15) is 5.82 Å². The molecule has 6 nitrogen and oxygen atoms in total. The Morgan fingerprint density at radius 1 is 1.20 bits per heavy atom. The predicted octanol–water partition coefficient (Wildman–Crippen LogP) is 0.806. The summed E-state index contributed by atoms with van der Waals surface area (Å²) in [6.45, 7) is 1.55. The van der Waals surface area contributed by atoms with E-state index in [2.05, 4.69) is 25.4 Å². The van der Waals surface area contributed by atoms with Crippen molar-refractivity contribution in [2.45, 2.75) is 11.8 Å². The van der Waals surface area contributed by atoms with Gasteiger partial charge in [-0.2, -0.15) is 0 Å². The maximum Gasteiger partial charge on any atom is 0.240 e. The molecule has 0 atom stereocenters. The molecule has 0 heterocycles. The van der Waals surface area contributed by atoms with Crippen LogP contribution in [0.25, 0.3) is 0 Å². The Balaban J connectivity index is 2.74. The molecule has 114 valence electrons. The summed E-state index contributed by atoms with van der Waals surface area (Å²) in [6, 6.07) is 3.33. The third-order valence-electron chi connectivity index (χ3n) is 2.23. The molecule has 0 amide bonds. The number of hydrogen-bond donors (Lipinski definition) is 2. The van der Waals surface area contributed by atoms with Gasteiger partial charge in [-0.05, 0) is 34.1 Å². The smallest absolute Gasteiger partial charge is 0.215 e. The van der Waals surface area contributed by atoms with E-state index in [1.165, 1.54) is 12.1 Å². The number of hydrogen-bond acceptors (Lipinski definition) is 4. The molecule has 0 unspecified atom stereocenters. The van der Waals surface area contributed by atoms with Crippen LogP contribution in [0.15, 0.2) is 27.6 Å². The maximum absolute atomic E-state index is 13.3. The van der Waals surface area contributed by atoms with Gasteiger partial charge in [-0.1, -0.05) is 6.92 Å². The molecule has 2 N–H and O–H groups in total. The zero-order chi connectivity index (χ0) is 15.4. The number of sulfonamides is 2. The Kier molecular flexibility index (Phi) is 6.07. The molecule has 1 aromatic carbocycles. The average Bonchev–Trinajstić information content (AvgIpc) is 2.31. The molecule has 1 rings (SSSR count). The third kappa shape index (κ3) is 5.09. The first-order valence-electron chi connectivity index (χ1n) is 5.60. The summed E-state index contributed by atoms with van der Waals surface area (Å²) in [5.74, 6) is -1.10. The summed E-state index contributed by atoms with van der Waals surface area (Å²) in [5, 5.41) is 0. The van der Waals surface area contributed by atoms with Crippen LogP contribution in [-0.2, 0) is 20.0 Å². The summed E-state index contributed by atoms with van der Waals surface area (Å²) in [6.07, 6.45) is 0. The topological polar surface area (TPSA) is 92.3 Å². The van der Waals surface area contributed by atoms with Crippen molar-refractivity contribution in [2.24, 2.45) is 0 Å². The highest BCUT2D eigenvalue weighted by Gasteiger charge is 2.17. The lowest BCUT2D eigenvalue weighted by molar-refractivity contribution is 0.574. The molecule has 0 aliphatic carbocycles. The Labute approximate surface area is 126 Å². The summed E-state index contributed by atoms with van der Waals surface area (Å²) >= 11 is 2.91. The van der Waals surface area contributed by atoms with E-state index < -0.39 is 25.9 Å². The zero-order valence-electron chi connectivity index (χ0n) is 10.6. The number of rotatable bonds is 7. The van der Waals surface area contributed by atoms with Crippen molar-refractivity contribution in [2.75, 3.05) is 18.8 Å². The summed E-state index contributed by atoms with van der Waals surface area (Å²) in [5.41, 5.74) is 0. The fourth-order valence-corrected chi connectivity index (χ4v) is 3.70. The SMILES string of the molecule is CCNS(=O)(=O)CCNS(=O)(=O)c1ccc(Br)c(F)c1. The molecule has 0 radical (unpaired) electrons. The highest BCUT2D eigenvalue weighted by atomic mass is 79.9. The lowest BCUT2D eigenvalue weighted by Gasteiger charge is -2.08. The van der Waals surface area contributed by atoms with Crippen molar-refractivity contribution >= 4 is 36.0 Å². The lowest BCUT2D eigenvalue weighted by atomic mass is 10.3. The molecule has 0 fully saturated rings. The van der Waals surface area contributed by atoms with Gasteiger partial charge in [0.2, 0.25) is 20.0 Å². The van der Waals surface area contributed by atoms with E-state index in [9.17, 15) is 21.2 Å². The fraction of sp³-hybridized carbons (Fsp3) is 0.400.